The largest absolute Gasteiger partial charge is 0.293 e. The smallest absolute Gasteiger partial charge is 0.251 e. The molecule has 1 atom stereocenters. The summed E-state index contributed by atoms with van der Waals surface area (Å²) in [6.07, 6.45) is 1.77. The van der Waals surface area contributed by atoms with E-state index in [9.17, 15) is 4.79 Å². The fraction of sp³-hybridized carbons (Fsp3) is 0.545. The van der Waals surface area contributed by atoms with Crippen molar-refractivity contribution in [1.82, 2.24) is 10.3 Å². The Balaban J connectivity index is 2.64. The first-order chi connectivity index (χ1) is 8.08. The number of nitrogens with zero attached hydrogens (tertiary/aromatic N) is 1. The van der Waals surface area contributed by atoms with E-state index in [1.54, 1.807) is 11.3 Å². The molecular weight excluding hydrogens is 302 g/mol. The predicted octanol–water partition coefficient (Wildman–Crippen LogP) is 2.10. The van der Waals surface area contributed by atoms with Gasteiger partial charge >= 0.3 is 0 Å². The van der Waals surface area contributed by atoms with Gasteiger partial charge in [0.25, 0.3) is 5.91 Å². The number of hydrazine groups is 1. The fourth-order valence-corrected chi connectivity index (χ4v) is 3.23. The molecule has 0 fully saturated rings. The molecule has 1 aromatic heterocycles. The van der Waals surface area contributed by atoms with Gasteiger partial charge in [-0.3, -0.25) is 15.1 Å². The highest BCUT2D eigenvalue weighted by Gasteiger charge is 2.21. The molecule has 0 aliphatic heterocycles. The quantitative estimate of drug-likeness (QED) is 0.479. The molecule has 3 N–H and O–H groups in total. The Labute approximate surface area is 114 Å². The van der Waals surface area contributed by atoms with Gasteiger partial charge in [-0.1, -0.05) is 13.3 Å². The number of likely N-dealkylation sites (N-methyl/N-ethyl adjacent to an activating group) is 1. The van der Waals surface area contributed by atoms with Crippen molar-refractivity contribution >= 4 is 33.2 Å². The van der Waals surface area contributed by atoms with Crippen LogP contribution in [0.5, 0.6) is 0 Å². The maximum absolute atomic E-state index is 11.7. The van der Waals surface area contributed by atoms with Crippen LogP contribution >= 0.6 is 27.3 Å². The summed E-state index contributed by atoms with van der Waals surface area (Å²) in [5.41, 5.74) is 2.24. The number of hydrogen-bond acceptors (Lipinski definition) is 4. The van der Waals surface area contributed by atoms with Crippen LogP contribution in [0.2, 0.25) is 0 Å². The van der Waals surface area contributed by atoms with Gasteiger partial charge in [0, 0.05) is 21.3 Å². The highest BCUT2D eigenvalue weighted by Crippen LogP contribution is 2.22. The lowest BCUT2D eigenvalue weighted by molar-refractivity contribution is -0.126. The van der Waals surface area contributed by atoms with Gasteiger partial charge in [0.1, 0.15) is 0 Å². The molecule has 0 aliphatic carbocycles. The normalized spacial score (nSPS) is 12.8. The SMILES string of the molecule is CCCC(C(=O)NN)N(C)Cc1cc(Br)cs1. The first kappa shape index (κ1) is 14.6. The molecule has 0 saturated carbocycles. The Bertz CT molecular complexity index is 369. The van der Waals surface area contributed by atoms with Crippen LogP contribution in [0.3, 0.4) is 0 Å². The van der Waals surface area contributed by atoms with E-state index in [0.717, 1.165) is 23.9 Å². The van der Waals surface area contributed by atoms with E-state index in [4.69, 9.17) is 5.84 Å². The fourth-order valence-electron chi connectivity index (χ4n) is 1.71. The molecule has 1 unspecified atom stereocenters. The van der Waals surface area contributed by atoms with Crippen molar-refractivity contribution in [2.75, 3.05) is 7.05 Å². The first-order valence-electron chi connectivity index (χ1n) is 5.52. The van der Waals surface area contributed by atoms with E-state index in [1.165, 1.54) is 4.88 Å². The van der Waals surface area contributed by atoms with Gasteiger partial charge in [0.2, 0.25) is 0 Å². The summed E-state index contributed by atoms with van der Waals surface area (Å²) in [7, 11) is 1.95. The number of thiophene rings is 1. The van der Waals surface area contributed by atoms with Gasteiger partial charge in [0.15, 0.2) is 0 Å². The minimum atomic E-state index is -0.161. The van der Waals surface area contributed by atoms with Crippen molar-refractivity contribution in [2.24, 2.45) is 5.84 Å². The topological polar surface area (TPSA) is 58.4 Å². The van der Waals surface area contributed by atoms with E-state index in [2.05, 4.69) is 34.3 Å². The summed E-state index contributed by atoms with van der Waals surface area (Å²) >= 11 is 5.11. The van der Waals surface area contributed by atoms with Crippen LogP contribution < -0.4 is 11.3 Å². The predicted molar refractivity (Wildman–Crippen MR) is 74.5 cm³/mol. The molecule has 6 heteroatoms. The number of nitrogens with one attached hydrogen (secondary N) is 1. The molecule has 0 aliphatic rings. The molecule has 0 spiro atoms. The zero-order valence-corrected chi connectivity index (χ0v) is 12.5. The lowest BCUT2D eigenvalue weighted by atomic mass is 10.1. The molecule has 0 aromatic carbocycles. The minimum absolute atomic E-state index is 0.120. The molecule has 1 aromatic rings. The van der Waals surface area contributed by atoms with Crippen LogP contribution in [0, 0.1) is 0 Å². The third-order valence-electron chi connectivity index (χ3n) is 2.57. The van der Waals surface area contributed by atoms with Gasteiger partial charge in [-0.2, -0.15) is 0 Å². The van der Waals surface area contributed by atoms with Crippen molar-refractivity contribution in [1.29, 1.82) is 0 Å². The van der Waals surface area contributed by atoms with Crippen molar-refractivity contribution in [2.45, 2.75) is 32.4 Å². The Morgan fingerprint density at radius 2 is 2.41 bits per heavy atom. The third kappa shape index (κ3) is 4.39. The van der Waals surface area contributed by atoms with Crippen molar-refractivity contribution in [3.05, 3.63) is 20.8 Å². The molecule has 0 radical (unpaired) electrons. The molecule has 17 heavy (non-hydrogen) atoms. The number of carbonyl (C=O) groups excluding carboxylic acids is 1. The average molecular weight is 320 g/mol. The second-order valence-electron chi connectivity index (χ2n) is 3.96. The van der Waals surface area contributed by atoms with Gasteiger partial charge in [-0.25, -0.2) is 5.84 Å². The lowest BCUT2D eigenvalue weighted by Crippen LogP contribution is -2.47. The molecule has 1 heterocycles. The number of amides is 1. The molecule has 96 valence electrons. The summed E-state index contributed by atoms with van der Waals surface area (Å²) in [6, 6.07) is 1.91. The van der Waals surface area contributed by atoms with Gasteiger partial charge in [0.05, 0.1) is 6.04 Å². The van der Waals surface area contributed by atoms with E-state index in [-0.39, 0.29) is 11.9 Å². The summed E-state index contributed by atoms with van der Waals surface area (Å²) in [4.78, 5) is 14.9. The second kappa shape index (κ2) is 7.10. The summed E-state index contributed by atoms with van der Waals surface area (Å²) in [6.45, 7) is 2.82. The summed E-state index contributed by atoms with van der Waals surface area (Å²) in [5, 5.41) is 2.04. The highest BCUT2D eigenvalue weighted by atomic mass is 79.9. The Morgan fingerprint density at radius 3 is 2.88 bits per heavy atom. The zero-order chi connectivity index (χ0) is 12.8. The number of rotatable bonds is 6. The monoisotopic (exact) mass is 319 g/mol. The number of halogens is 1. The molecular formula is C11H18BrN3OS. The van der Waals surface area contributed by atoms with Gasteiger partial charge < -0.3 is 0 Å². The second-order valence-corrected chi connectivity index (χ2v) is 5.87. The standard InChI is InChI=1S/C11H18BrN3OS/c1-3-4-10(11(16)14-13)15(2)6-9-5-8(12)7-17-9/h5,7,10H,3-4,6,13H2,1-2H3,(H,14,16). The molecule has 0 saturated heterocycles. The van der Waals surface area contributed by atoms with Crippen LogP contribution in [0.25, 0.3) is 0 Å². The van der Waals surface area contributed by atoms with E-state index < -0.39 is 0 Å². The zero-order valence-electron chi connectivity index (χ0n) is 10.1. The van der Waals surface area contributed by atoms with E-state index >= 15 is 0 Å². The van der Waals surface area contributed by atoms with Gasteiger partial charge in [-0.05, 0) is 35.5 Å². The van der Waals surface area contributed by atoms with E-state index in [1.807, 2.05) is 17.3 Å². The maximum atomic E-state index is 11.7. The lowest BCUT2D eigenvalue weighted by Gasteiger charge is -2.25. The third-order valence-corrected chi connectivity index (χ3v) is 4.25. The Morgan fingerprint density at radius 1 is 1.71 bits per heavy atom. The Kier molecular flexibility index (Phi) is 6.11. The van der Waals surface area contributed by atoms with Gasteiger partial charge in [-0.15, -0.1) is 11.3 Å². The molecule has 1 amide bonds. The average Bonchev–Trinajstić information content (AvgIpc) is 2.70. The Hall–Kier alpha value is -0.430. The number of carbonyl (C=O) groups is 1. The first-order valence-corrected chi connectivity index (χ1v) is 7.19. The van der Waals surface area contributed by atoms with Crippen LogP contribution in [0.15, 0.2) is 15.9 Å². The van der Waals surface area contributed by atoms with Crippen LogP contribution in [0.1, 0.15) is 24.6 Å². The van der Waals surface area contributed by atoms with Crippen molar-refractivity contribution in [3.63, 3.8) is 0 Å². The van der Waals surface area contributed by atoms with Crippen LogP contribution in [-0.2, 0) is 11.3 Å². The molecule has 0 bridgehead atoms. The molecule has 4 nitrogen and oxygen atoms in total. The van der Waals surface area contributed by atoms with Crippen LogP contribution in [0.4, 0.5) is 0 Å². The minimum Gasteiger partial charge on any atom is -0.293 e. The molecule has 1 rings (SSSR count). The summed E-state index contributed by atoms with van der Waals surface area (Å²) in [5.74, 6) is 5.09. The number of nitrogens with two attached hydrogens (primary N) is 1. The highest BCUT2D eigenvalue weighted by molar-refractivity contribution is 9.10. The van der Waals surface area contributed by atoms with E-state index in [0.29, 0.717) is 0 Å². The maximum Gasteiger partial charge on any atom is 0.251 e. The number of hydrogen-bond donors (Lipinski definition) is 2. The van der Waals surface area contributed by atoms with Crippen molar-refractivity contribution in [3.8, 4) is 0 Å². The summed E-state index contributed by atoms with van der Waals surface area (Å²) < 4.78 is 1.08. The van der Waals surface area contributed by atoms with Crippen LogP contribution in [-0.4, -0.2) is 23.9 Å². The van der Waals surface area contributed by atoms with Crippen molar-refractivity contribution < 1.29 is 4.79 Å².